The van der Waals surface area contributed by atoms with Gasteiger partial charge in [-0.2, -0.15) is 0 Å². The van der Waals surface area contributed by atoms with Crippen molar-refractivity contribution in [2.45, 2.75) is 24.7 Å². The van der Waals surface area contributed by atoms with Crippen LogP contribution in [0.1, 0.15) is 24.5 Å². The van der Waals surface area contributed by atoms with E-state index in [4.69, 9.17) is 15.9 Å². The molecule has 8 nitrogen and oxygen atoms in total. The number of nitrogens with two attached hydrogens (primary N) is 1. The monoisotopic (exact) mass is 558 g/mol. The lowest BCUT2D eigenvalue weighted by molar-refractivity contribution is -0.123. The normalized spacial score (nSPS) is 21.2. The Kier molecular flexibility index (Phi) is 7.63. The molecule has 3 aromatic carbocycles. The smallest absolute Gasteiger partial charge is 0.240 e. The molecule has 2 atom stereocenters. The van der Waals surface area contributed by atoms with Crippen LogP contribution in [0.2, 0.25) is 0 Å². The van der Waals surface area contributed by atoms with Crippen LogP contribution in [0.15, 0.2) is 88.9 Å². The molecule has 9 heteroatoms. The van der Waals surface area contributed by atoms with Crippen LogP contribution in [0, 0.1) is 16.7 Å². The van der Waals surface area contributed by atoms with Crippen molar-refractivity contribution in [3.63, 3.8) is 0 Å². The number of hydrogen-bond acceptors (Lipinski definition) is 6. The number of carbonyl (C=O) groups is 1. The van der Waals surface area contributed by atoms with Gasteiger partial charge in [-0.1, -0.05) is 42.5 Å². The molecule has 1 heterocycles. The zero-order valence-electron chi connectivity index (χ0n) is 22.7. The summed E-state index contributed by atoms with van der Waals surface area (Å²) in [6, 6.07) is 17.6. The van der Waals surface area contributed by atoms with Gasteiger partial charge in [-0.3, -0.25) is 10.2 Å². The van der Waals surface area contributed by atoms with Crippen molar-refractivity contribution < 1.29 is 17.9 Å². The van der Waals surface area contributed by atoms with Crippen LogP contribution in [0.5, 0.6) is 5.75 Å². The van der Waals surface area contributed by atoms with Gasteiger partial charge in [0.05, 0.1) is 17.4 Å². The molecule has 5 rings (SSSR count). The lowest BCUT2D eigenvalue weighted by Crippen LogP contribution is -2.46. The van der Waals surface area contributed by atoms with Crippen LogP contribution >= 0.6 is 0 Å². The van der Waals surface area contributed by atoms with Crippen molar-refractivity contribution in [1.82, 2.24) is 10.0 Å². The number of hydrogen-bond donors (Lipinski definition) is 4. The Morgan fingerprint density at radius 1 is 1.15 bits per heavy atom. The lowest BCUT2D eigenvalue weighted by Gasteiger charge is -2.35. The zero-order chi connectivity index (χ0) is 28.5. The molecule has 0 radical (unpaired) electrons. The first-order valence-corrected chi connectivity index (χ1v) is 14.8. The second-order valence-corrected chi connectivity index (χ2v) is 12.4. The summed E-state index contributed by atoms with van der Waals surface area (Å²) in [5.74, 6) is 0.576. The van der Waals surface area contributed by atoms with Gasteiger partial charge in [0.2, 0.25) is 10.0 Å². The number of ether oxygens (including phenoxy) is 1. The van der Waals surface area contributed by atoms with E-state index in [0.717, 1.165) is 40.4 Å². The Morgan fingerprint density at radius 2 is 1.95 bits per heavy atom. The van der Waals surface area contributed by atoms with E-state index in [1.165, 1.54) is 0 Å². The second-order valence-electron chi connectivity index (χ2n) is 10.6. The minimum Gasteiger partial charge on any atom is -0.497 e. The van der Waals surface area contributed by atoms with Crippen LogP contribution in [0.3, 0.4) is 0 Å². The third kappa shape index (κ3) is 5.45. The highest BCUT2D eigenvalue weighted by Gasteiger charge is 2.43. The first-order chi connectivity index (χ1) is 19.1. The third-order valence-electron chi connectivity index (χ3n) is 7.91. The Bertz CT molecular complexity index is 1650. The molecule has 1 unspecified atom stereocenters. The fourth-order valence-corrected chi connectivity index (χ4v) is 6.81. The second kappa shape index (κ2) is 11.0. The molecule has 0 amide bonds. The SMILES string of the molecule is COc1ccc2ccc(S(=O)(=O)NCC3(Cc4cccc(C(=N)N)c4)C=CC(C)=C([C@@H]4CCNC4)C3=O)cc2c1. The van der Waals surface area contributed by atoms with E-state index in [2.05, 4.69) is 10.0 Å². The number of sulfonamides is 1. The van der Waals surface area contributed by atoms with Gasteiger partial charge in [0.1, 0.15) is 11.6 Å². The molecule has 5 N–H and O–H groups in total. The quantitative estimate of drug-likeness (QED) is 0.234. The summed E-state index contributed by atoms with van der Waals surface area (Å²) < 4.78 is 35.2. The number of benzene rings is 3. The van der Waals surface area contributed by atoms with Crippen molar-refractivity contribution in [2.24, 2.45) is 17.1 Å². The number of rotatable bonds is 9. The molecular formula is C31H34N4O4S. The van der Waals surface area contributed by atoms with Gasteiger partial charge >= 0.3 is 0 Å². The fraction of sp³-hybridized carbons (Fsp3) is 0.290. The molecule has 1 fully saturated rings. The fourth-order valence-electron chi connectivity index (χ4n) is 5.66. The molecule has 1 aliphatic carbocycles. The van der Waals surface area contributed by atoms with E-state index in [9.17, 15) is 13.2 Å². The first-order valence-electron chi connectivity index (χ1n) is 13.3. The molecule has 40 heavy (non-hydrogen) atoms. The summed E-state index contributed by atoms with van der Waals surface area (Å²) in [6.07, 6.45) is 4.90. The molecule has 2 aliphatic rings. The summed E-state index contributed by atoms with van der Waals surface area (Å²) in [5.41, 5.74) is 7.61. The maximum atomic E-state index is 14.3. The molecule has 0 saturated carbocycles. The van der Waals surface area contributed by atoms with Gasteiger partial charge in [-0.05, 0) is 78.6 Å². The lowest BCUT2D eigenvalue weighted by atomic mass is 9.68. The largest absolute Gasteiger partial charge is 0.497 e. The minimum absolute atomic E-state index is 0.0662. The summed E-state index contributed by atoms with van der Waals surface area (Å²) in [6.45, 7) is 3.39. The molecular weight excluding hydrogens is 524 g/mol. The van der Waals surface area contributed by atoms with E-state index in [1.807, 2.05) is 37.3 Å². The highest BCUT2D eigenvalue weighted by molar-refractivity contribution is 7.89. The number of nitrogen functional groups attached to an aromatic ring is 1. The van der Waals surface area contributed by atoms with Crippen LogP contribution in [0.25, 0.3) is 10.8 Å². The number of nitrogens with one attached hydrogen (secondary N) is 3. The van der Waals surface area contributed by atoms with Gasteiger partial charge in [0.15, 0.2) is 5.78 Å². The number of ketones is 1. The maximum Gasteiger partial charge on any atom is 0.240 e. The molecule has 0 bridgehead atoms. The summed E-state index contributed by atoms with van der Waals surface area (Å²) in [7, 11) is -2.39. The van der Waals surface area contributed by atoms with Gasteiger partial charge in [0, 0.05) is 30.1 Å². The van der Waals surface area contributed by atoms with Crippen molar-refractivity contribution in [3.8, 4) is 5.75 Å². The Hall–Kier alpha value is -3.79. The van der Waals surface area contributed by atoms with E-state index >= 15 is 0 Å². The van der Waals surface area contributed by atoms with Crippen LogP contribution in [-0.4, -0.2) is 46.8 Å². The standard InChI is InChI=1S/C31H34N4O4S/c1-20-10-12-31(29(36)28(20)24-11-13-34-18-24,17-21-4-3-5-23(14-21)30(32)33)19-35-40(37,38)27-9-7-22-6-8-26(39-2)15-25(22)16-27/h3-10,12,14-16,24,34-35H,11,13,17-19H2,1-2H3,(H3,32,33)/t24-,31?/m1/s1. The Balaban J connectivity index is 1.50. The number of carbonyl (C=O) groups excluding carboxylic acids is 1. The van der Waals surface area contributed by atoms with Crippen molar-refractivity contribution in [1.29, 1.82) is 5.41 Å². The van der Waals surface area contributed by atoms with Crippen LogP contribution in [-0.2, 0) is 21.2 Å². The van der Waals surface area contributed by atoms with Gasteiger partial charge in [-0.25, -0.2) is 13.1 Å². The average Bonchev–Trinajstić information content (AvgIpc) is 3.48. The Labute approximate surface area is 234 Å². The number of methoxy groups -OCH3 is 1. The maximum absolute atomic E-state index is 14.3. The summed E-state index contributed by atoms with van der Waals surface area (Å²) in [4.78, 5) is 14.4. The van der Waals surface area contributed by atoms with Gasteiger partial charge in [0.25, 0.3) is 0 Å². The Morgan fingerprint density at radius 3 is 2.67 bits per heavy atom. The molecule has 1 aliphatic heterocycles. The predicted octanol–water partition coefficient (Wildman–Crippen LogP) is 3.70. The average molecular weight is 559 g/mol. The molecule has 208 valence electrons. The van der Waals surface area contributed by atoms with Crippen molar-refractivity contribution in [2.75, 3.05) is 26.7 Å². The number of allylic oxidation sites excluding steroid dienone is 2. The first kappa shape index (κ1) is 27.8. The minimum atomic E-state index is -3.96. The van der Waals surface area contributed by atoms with E-state index < -0.39 is 15.4 Å². The van der Waals surface area contributed by atoms with Crippen molar-refractivity contribution >= 4 is 32.4 Å². The number of fused-ring (bicyclic) bond motifs is 1. The highest BCUT2D eigenvalue weighted by Crippen LogP contribution is 2.39. The topological polar surface area (TPSA) is 134 Å². The predicted molar refractivity (Wildman–Crippen MR) is 157 cm³/mol. The molecule has 1 saturated heterocycles. The van der Waals surface area contributed by atoms with Crippen LogP contribution < -0.4 is 20.5 Å². The third-order valence-corrected chi connectivity index (χ3v) is 9.31. The number of amidine groups is 1. The van der Waals surface area contributed by atoms with Gasteiger partial charge in [-0.15, -0.1) is 0 Å². The molecule has 0 aromatic heterocycles. The van der Waals surface area contributed by atoms with E-state index in [-0.39, 0.29) is 35.4 Å². The summed E-state index contributed by atoms with van der Waals surface area (Å²) in [5, 5.41) is 12.8. The van der Waals surface area contributed by atoms with E-state index in [1.54, 1.807) is 49.6 Å². The van der Waals surface area contributed by atoms with E-state index in [0.29, 0.717) is 17.9 Å². The molecule has 3 aromatic rings. The summed E-state index contributed by atoms with van der Waals surface area (Å²) >= 11 is 0. The molecule has 0 spiro atoms. The van der Waals surface area contributed by atoms with Crippen molar-refractivity contribution in [3.05, 3.63) is 95.1 Å². The van der Waals surface area contributed by atoms with Crippen LogP contribution in [0.4, 0.5) is 0 Å². The van der Waals surface area contributed by atoms with Gasteiger partial charge < -0.3 is 15.8 Å². The number of Topliss-reactive ketones (excluding diaryl/α,β-unsaturated/α-hetero) is 1. The highest BCUT2D eigenvalue weighted by atomic mass is 32.2. The zero-order valence-corrected chi connectivity index (χ0v) is 23.5.